The predicted octanol–water partition coefficient (Wildman–Crippen LogP) is 5.31. The molecule has 2 aliphatic rings. The van der Waals surface area contributed by atoms with Crippen LogP contribution in [0.3, 0.4) is 0 Å². The molecule has 1 nitrogen and oxygen atoms in total. The van der Waals surface area contributed by atoms with E-state index in [-0.39, 0.29) is 0 Å². The van der Waals surface area contributed by atoms with Crippen LogP contribution in [0.15, 0.2) is 11.6 Å². The minimum absolute atomic E-state index is 0.644. The smallest absolute Gasteiger partial charge is 0.0370 e. The standard InChI is InChI=1S/C18H33NS/c1-2-19-18(15-20-17-13-9-6-10-14-17)16-11-7-4-3-5-8-12-16/h11,17-19H,2-10,12-15H2,1H3. The second-order valence-corrected chi connectivity index (χ2v) is 7.77. The van der Waals surface area contributed by atoms with Gasteiger partial charge in [0, 0.05) is 17.0 Å². The SMILES string of the molecule is CCNC(CSC1CCCCC1)C1=CCCCCCC1. The molecule has 0 aromatic carbocycles. The van der Waals surface area contributed by atoms with Gasteiger partial charge in [0.15, 0.2) is 0 Å². The molecule has 0 aromatic rings. The normalized spacial score (nSPS) is 23.8. The van der Waals surface area contributed by atoms with Gasteiger partial charge in [0.05, 0.1) is 0 Å². The van der Waals surface area contributed by atoms with Crippen molar-refractivity contribution in [2.24, 2.45) is 0 Å². The van der Waals surface area contributed by atoms with Crippen molar-refractivity contribution in [3.8, 4) is 0 Å². The van der Waals surface area contributed by atoms with Gasteiger partial charge in [-0.25, -0.2) is 0 Å². The van der Waals surface area contributed by atoms with Crippen LogP contribution in [-0.4, -0.2) is 23.6 Å². The van der Waals surface area contributed by atoms with Crippen molar-refractivity contribution in [3.63, 3.8) is 0 Å². The van der Waals surface area contributed by atoms with Crippen LogP contribution in [0.5, 0.6) is 0 Å². The molecule has 0 aromatic heterocycles. The monoisotopic (exact) mass is 295 g/mol. The molecule has 116 valence electrons. The van der Waals surface area contributed by atoms with Gasteiger partial charge in [-0.1, -0.05) is 50.7 Å². The number of nitrogens with one attached hydrogen (secondary N) is 1. The van der Waals surface area contributed by atoms with E-state index in [0.29, 0.717) is 6.04 Å². The molecule has 2 rings (SSSR count). The maximum Gasteiger partial charge on any atom is 0.0370 e. The van der Waals surface area contributed by atoms with E-state index in [1.54, 1.807) is 5.57 Å². The predicted molar refractivity (Wildman–Crippen MR) is 92.6 cm³/mol. The zero-order chi connectivity index (χ0) is 14.0. The molecule has 1 unspecified atom stereocenters. The van der Waals surface area contributed by atoms with E-state index < -0.39 is 0 Å². The first-order valence-electron chi connectivity index (χ1n) is 8.94. The van der Waals surface area contributed by atoms with Crippen molar-refractivity contribution in [1.82, 2.24) is 5.32 Å². The number of likely N-dealkylation sites (N-methyl/N-ethyl adjacent to an activating group) is 1. The highest BCUT2D eigenvalue weighted by Gasteiger charge is 2.19. The van der Waals surface area contributed by atoms with Gasteiger partial charge in [-0.3, -0.25) is 0 Å². The van der Waals surface area contributed by atoms with Gasteiger partial charge in [-0.2, -0.15) is 11.8 Å². The maximum atomic E-state index is 3.75. The molecule has 0 aliphatic heterocycles. The molecule has 1 fully saturated rings. The molecule has 2 heteroatoms. The van der Waals surface area contributed by atoms with E-state index >= 15 is 0 Å². The lowest BCUT2D eigenvalue weighted by molar-refractivity contribution is 0.514. The third kappa shape index (κ3) is 5.81. The Labute approximate surface area is 130 Å². The van der Waals surface area contributed by atoms with E-state index in [9.17, 15) is 0 Å². The molecule has 0 amide bonds. The van der Waals surface area contributed by atoms with Gasteiger partial charge in [0.2, 0.25) is 0 Å². The first-order chi connectivity index (χ1) is 9.90. The zero-order valence-corrected chi connectivity index (χ0v) is 14.1. The molecule has 1 saturated carbocycles. The zero-order valence-electron chi connectivity index (χ0n) is 13.3. The number of allylic oxidation sites excluding steroid dienone is 1. The van der Waals surface area contributed by atoms with Crippen LogP contribution in [0.4, 0.5) is 0 Å². The van der Waals surface area contributed by atoms with Crippen molar-refractivity contribution < 1.29 is 0 Å². The number of hydrogen-bond donors (Lipinski definition) is 1. The number of hydrogen-bond acceptors (Lipinski definition) is 2. The van der Waals surface area contributed by atoms with Crippen molar-refractivity contribution in [1.29, 1.82) is 0 Å². The van der Waals surface area contributed by atoms with Crippen LogP contribution < -0.4 is 5.32 Å². The van der Waals surface area contributed by atoms with Crippen molar-refractivity contribution in [2.75, 3.05) is 12.3 Å². The topological polar surface area (TPSA) is 12.0 Å². The molecular formula is C18H33NS. The average Bonchev–Trinajstić information content (AvgIpc) is 2.45. The van der Waals surface area contributed by atoms with Gasteiger partial charge in [0.25, 0.3) is 0 Å². The highest BCUT2D eigenvalue weighted by molar-refractivity contribution is 7.99. The fraction of sp³-hybridized carbons (Fsp3) is 0.889. The molecule has 0 radical (unpaired) electrons. The van der Waals surface area contributed by atoms with Crippen LogP contribution in [0.1, 0.15) is 77.6 Å². The van der Waals surface area contributed by atoms with E-state index in [0.717, 1.165) is 11.8 Å². The van der Waals surface area contributed by atoms with E-state index in [1.807, 2.05) is 0 Å². The number of thioether (sulfide) groups is 1. The van der Waals surface area contributed by atoms with Gasteiger partial charge >= 0.3 is 0 Å². The van der Waals surface area contributed by atoms with Crippen molar-refractivity contribution in [3.05, 3.63) is 11.6 Å². The molecule has 0 heterocycles. The van der Waals surface area contributed by atoms with Crippen LogP contribution >= 0.6 is 11.8 Å². The van der Waals surface area contributed by atoms with Gasteiger partial charge in [-0.05, 0) is 45.1 Å². The maximum absolute atomic E-state index is 3.75. The third-order valence-corrected chi connectivity index (χ3v) is 6.24. The minimum atomic E-state index is 0.644. The lowest BCUT2D eigenvalue weighted by Gasteiger charge is -2.27. The largest absolute Gasteiger partial charge is 0.310 e. The average molecular weight is 296 g/mol. The molecule has 1 atom stereocenters. The molecule has 0 saturated heterocycles. The van der Waals surface area contributed by atoms with Gasteiger partial charge in [0.1, 0.15) is 0 Å². The summed E-state index contributed by atoms with van der Waals surface area (Å²) in [6.07, 6.45) is 18.2. The molecule has 20 heavy (non-hydrogen) atoms. The summed E-state index contributed by atoms with van der Waals surface area (Å²) >= 11 is 2.25. The van der Waals surface area contributed by atoms with Crippen LogP contribution in [-0.2, 0) is 0 Å². The van der Waals surface area contributed by atoms with Crippen molar-refractivity contribution >= 4 is 11.8 Å². The first kappa shape index (κ1) is 16.4. The summed E-state index contributed by atoms with van der Waals surface area (Å²) in [4.78, 5) is 0. The summed E-state index contributed by atoms with van der Waals surface area (Å²) in [7, 11) is 0. The summed E-state index contributed by atoms with van der Waals surface area (Å²) in [6.45, 7) is 3.36. The Morgan fingerprint density at radius 2 is 1.85 bits per heavy atom. The Morgan fingerprint density at radius 1 is 1.10 bits per heavy atom. The lowest BCUT2D eigenvalue weighted by atomic mass is 9.95. The lowest BCUT2D eigenvalue weighted by Crippen LogP contribution is -2.34. The molecule has 0 bridgehead atoms. The van der Waals surface area contributed by atoms with Crippen LogP contribution in [0, 0.1) is 0 Å². The Kier molecular flexibility index (Phi) is 8.12. The second-order valence-electron chi connectivity index (χ2n) is 6.44. The minimum Gasteiger partial charge on any atom is -0.310 e. The first-order valence-corrected chi connectivity index (χ1v) is 9.99. The van der Waals surface area contributed by atoms with E-state index in [4.69, 9.17) is 0 Å². The highest BCUT2D eigenvalue weighted by Crippen LogP contribution is 2.30. The Balaban J connectivity index is 1.84. The fourth-order valence-electron chi connectivity index (χ4n) is 3.54. The summed E-state index contributed by atoms with van der Waals surface area (Å²) < 4.78 is 0. The molecule has 0 spiro atoms. The van der Waals surface area contributed by atoms with E-state index in [2.05, 4.69) is 30.1 Å². The van der Waals surface area contributed by atoms with Gasteiger partial charge < -0.3 is 5.32 Å². The molecule has 2 aliphatic carbocycles. The van der Waals surface area contributed by atoms with Crippen LogP contribution in [0.25, 0.3) is 0 Å². The summed E-state index contributed by atoms with van der Waals surface area (Å²) in [5.41, 5.74) is 1.72. The highest BCUT2D eigenvalue weighted by atomic mass is 32.2. The summed E-state index contributed by atoms with van der Waals surface area (Å²) in [5.74, 6) is 1.30. The fourth-order valence-corrected chi connectivity index (χ4v) is 5.00. The molecule has 1 N–H and O–H groups in total. The van der Waals surface area contributed by atoms with E-state index in [1.165, 1.54) is 76.4 Å². The Bertz CT molecular complexity index is 281. The summed E-state index contributed by atoms with van der Waals surface area (Å²) in [5, 5.41) is 4.69. The van der Waals surface area contributed by atoms with Gasteiger partial charge in [-0.15, -0.1) is 0 Å². The second kappa shape index (κ2) is 9.89. The quantitative estimate of drug-likeness (QED) is 0.666. The summed E-state index contributed by atoms with van der Waals surface area (Å²) in [6, 6.07) is 0.644. The Hall–Kier alpha value is 0.0500. The Morgan fingerprint density at radius 3 is 2.65 bits per heavy atom. The number of rotatable bonds is 6. The van der Waals surface area contributed by atoms with Crippen molar-refractivity contribution in [2.45, 2.75) is 88.8 Å². The third-order valence-electron chi connectivity index (χ3n) is 4.78. The molecular weight excluding hydrogens is 262 g/mol. The van der Waals surface area contributed by atoms with Crippen LogP contribution in [0.2, 0.25) is 0 Å².